The third-order valence-corrected chi connectivity index (χ3v) is 8.06. The quantitative estimate of drug-likeness (QED) is 0.377. The van der Waals surface area contributed by atoms with Gasteiger partial charge in [0.1, 0.15) is 10.9 Å². The molecule has 1 saturated heterocycles. The molecule has 8 heteroatoms. The van der Waals surface area contributed by atoms with Crippen LogP contribution in [0.1, 0.15) is 88.2 Å². The molecule has 0 N–H and O–H groups in total. The summed E-state index contributed by atoms with van der Waals surface area (Å²) in [7, 11) is 1.33. The molecule has 7 nitrogen and oxygen atoms in total. The van der Waals surface area contributed by atoms with Crippen LogP contribution in [0.2, 0.25) is 0 Å². The molecule has 2 amide bonds. The Morgan fingerprint density at radius 2 is 1.89 bits per heavy atom. The van der Waals surface area contributed by atoms with Crippen LogP contribution >= 0.6 is 11.3 Å². The highest BCUT2D eigenvalue weighted by Gasteiger charge is 2.40. The summed E-state index contributed by atoms with van der Waals surface area (Å²) in [6.07, 6.45) is 3.88. The van der Waals surface area contributed by atoms with Gasteiger partial charge >= 0.3 is 5.97 Å². The number of morpholine rings is 1. The number of esters is 1. The molecule has 2 heterocycles. The maximum Gasteiger partial charge on any atom is 0.350 e. The van der Waals surface area contributed by atoms with Gasteiger partial charge in [-0.05, 0) is 71.8 Å². The van der Waals surface area contributed by atoms with E-state index in [0.717, 1.165) is 25.7 Å². The molecule has 1 aromatic heterocycles. The minimum absolute atomic E-state index is 0.0646. The molecule has 204 valence electrons. The van der Waals surface area contributed by atoms with Crippen LogP contribution < -0.4 is 4.90 Å². The molecule has 1 aliphatic heterocycles. The lowest BCUT2D eigenvalue weighted by molar-refractivity contribution is -0.141. The van der Waals surface area contributed by atoms with Crippen LogP contribution in [0.3, 0.4) is 0 Å². The van der Waals surface area contributed by atoms with Crippen molar-refractivity contribution in [3.8, 4) is 11.8 Å². The van der Waals surface area contributed by atoms with E-state index in [4.69, 9.17) is 9.47 Å². The zero-order chi connectivity index (χ0) is 27.3. The van der Waals surface area contributed by atoms with E-state index in [9.17, 15) is 14.4 Å². The molecule has 3 rings (SSSR count). The van der Waals surface area contributed by atoms with E-state index in [1.165, 1.54) is 18.4 Å². The second kappa shape index (κ2) is 12.4. The Morgan fingerprint density at radius 1 is 1.22 bits per heavy atom. The smallest absolute Gasteiger partial charge is 0.350 e. The molecule has 0 radical (unpaired) electrons. The van der Waals surface area contributed by atoms with E-state index in [0.29, 0.717) is 47.5 Å². The van der Waals surface area contributed by atoms with Crippen LogP contribution in [-0.4, -0.2) is 61.6 Å². The van der Waals surface area contributed by atoms with Crippen LogP contribution in [0.15, 0.2) is 6.07 Å². The van der Waals surface area contributed by atoms with Gasteiger partial charge in [-0.25, -0.2) is 4.79 Å². The van der Waals surface area contributed by atoms with Gasteiger partial charge in [-0.3, -0.25) is 14.5 Å². The molecule has 37 heavy (non-hydrogen) atoms. The number of carbonyl (C=O) groups is 3. The van der Waals surface area contributed by atoms with Crippen molar-refractivity contribution in [3.63, 3.8) is 0 Å². The van der Waals surface area contributed by atoms with Crippen molar-refractivity contribution in [2.75, 3.05) is 31.7 Å². The first-order valence-corrected chi connectivity index (χ1v) is 14.3. The fourth-order valence-corrected chi connectivity index (χ4v) is 5.87. The van der Waals surface area contributed by atoms with Crippen molar-refractivity contribution in [3.05, 3.63) is 15.8 Å². The lowest BCUT2D eigenvalue weighted by atomic mass is 9.82. The lowest BCUT2D eigenvalue weighted by Gasteiger charge is -2.39. The zero-order valence-corrected chi connectivity index (χ0v) is 24.2. The maximum absolute atomic E-state index is 14.2. The Balaban J connectivity index is 2.10. The van der Waals surface area contributed by atoms with Gasteiger partial charge in [-0.1, -0.05) is 25.7 Å². The summed E-state index contributed by atoms with van der Waals surface area (Å²) >= 11 is 1.21. The number of rotatable bonds is 6. The number of thiophene rings is 1. The van der Waals surface area contributed by atoms with Crippen molar-refractivity contribution in [2.45, 2.75) is 85.8 Å². The van der Waals surface area contributed by atoms with Crippen molar-refractivity contribution >= 4 is 34.8 Å². The van der Waals surface area contributed by atoms with E-state index in [-0.39, 0.29) is 29.3 Å². The molecule has 1 saturated carbocycles. The van der Waals surface area contributed by atoms with E-state index >= 15 is 0 Å². The number of hydrogen-bond acceptors (Lipinski definition) is 6. The zero-order valence-electron chi connectivity index (χ0n) is 23.4. The van der Waals surface area contributed by atoms with E-state index < -0.39 is 12.0 Å². The summed E-state index contributed by atoms with van der Waals surface area (Å²) in [5, 5.41) is 0. The predicted molar refractivity (Wildman–Crippen MR) is 147 cm³/mol. The van der Waals surface area contributed by atoms with Gasteiger partial charge in [-0.2, -0.15) is 0 Å². The molecular formula is C29H42N2O5S. The Bertz CT molecular complexity index is 1040. The Kier molecular flexibility index (Phi) is 9.82. The number of carbonyl (C=O) groups excluding carboxylic acids is 3. The average Bonchev–Trinajstić information content (AvgIpc) is 3.28. The van der Waals surface area contributed by atoms with Crippen LogP contribution in [-0.2, 0) is 19.1 Å². The average molecular weight is 531 g/mol. The van der Waals surface area contributed by atoms with E-state index in [1.807, 2.05) is 34.6 Å². The molecule has 0 spiro atoms. The summed E-state index contributed by atoms with van der Waals surface area (Å²) < 4.78 is 10.7. The molecule has 1 aromatic rings. The number of nitrogens with zero attached hydrogens (tertiary/aromatic N) is 2. The first-order chi connectivity index (χ1) is 17.4. The summed E-state index contributed by atoms with van der Waals surface area (Å²) in [5.41, 5.74) is 0.207. The van der Waals surface area contributed by atoms with Gasteiger partial charge < -0.3 is 14.4 Å². The predicted octanol–water partition coefficient (Wildman–Crippen LogP) is 5.12. The second-order valence-corrected chi connectivity index (χ2v) is 12.4. The molecule has 1 unspecified atom stereocenters. The first-order valence-electron chi connectivity index (χ1n) is 13.4. The number of ether oxygens (including phenoxy) is 2. The van der Waals surface area contributed by atoms with E-state index in [1.54, 1.807) is 15.9 Å². The van der Waals surface area contributed by atoms with Gasteiger partial charge in [0.05, 0.1) is 30.4 Å². The molecule has 1 aliphatic carbocycles. The van der Waals surface area contributed by atoms with Gasteiger partial charge in [0, 0.05) is 24.4 Å². The first kappa shape index (κ1) is 29.2. The van der Waals surface area contributed by atoms with Crippen LogP contribution in [0.5, 0.6) is 0 Å². The number of methoxy groups -OCH3 is 1. The minimum Gasteiger partial charge on any atom is -0.465 e. The highest BCUT2D eigenvalue weighted by Crippen LogP contribution is 2.37. The fourth-order valence-electron chi connectivity index (χ4n) is 4.95. The third kappa shape index (κ3) is 7.36. The highest BCUT2D eigenvalue weighted by molar-refractivity contribution is 7.15. The van der Waals surface area contributed by atoms with Gasteiger partial charge in [0.2, 0.25) is 11.8 Å². The largest absolute Gasteiger partial charge is 0.465 e. The van der Waals surface area contributed by atoms with Crippen LogP contribution in [0.25, 0.3) is 0 Å². The standard InChI is InChI=1S/C29H42N2O5S/c1-8-23(27(33)30-15-16-36-20(3)18-30)31(26(32)21-11-9-19(2)10-12-21)24-17-22(13-14-29(4,5)6)37-25(24)28(34)35-7/h17,19-21,23H,8-12,15-16,18H2,1-7H3/t19?,20?,21?,23-/m0/s1. The Labute approximate surface area is 225 Å². The normalized spacial score (nSPS) is 23.0. The van der Waals surface area contributed by atoms with Crippen LogP contribution in [0.4, 0.5) is 5.69 Å². The number of anilines is 1. The molecule has 2 atom stereocenters. The van der Waals surface area contributed by atoms with Gasteiger partial charge in [0.25, 0.3) is 0 Å². The summed E-state index contributed by atoms with van der Waals surface area (Å²) in [5.74, 6) is 6.05. The van der Waals surface area contributed by atoms with Gasteiger partial charge in [-0.15, -0.1) is 11.3 Å². The molecular weight excluding hydrogens is 488 g/mol. The molecule has 2 fully saturated rings. The Morgan fingerprint density at radius 3 is 2.46 bits per heavy atom. The summed E-state index contributed by atoms with van der Waals surface area (Å²) in [6.45, 7) is 13.6. The lowest BCUT2D eigenvalue weighted by Crippen LogP contribution is -2.56. The molecule has 0 aromatic carbocycles. The second-order valence-electron chi connectivity index (χ2n) is 11.4. The monoisotopic (exact) mass is 530 g/mol. The van der Waals surface area contributed by atoms with Crippen molar-refractivity contribution < 1.29 is 23.9 Å². The Hall–Kier alpha value is -2.37. The fraction of sp³-hybridized carbons (Fsp3) is 0.690. The summed E-state index contributed by atoms with van der Waals surface area (Å²) in [6, 6.07) is 1.07. The maximum atomic E-state index is 14.2. The van der Waals surface area contributed by atoms with Gasteiger partial charge in [0.15, 0.2) is 0 Å². The van der Waals surface area contributed by atoms with Crippen molar-refractivity contribution in [2.24, 2.45) is 17.3 Å². The summed E-state index contributed by atoms with van der Waals surface area (Å²) in [4.78, 5) is 45.4. The number of amides is 2. The molecule has 0 bridgehead atoms. The van der Waals surface area contributed by atoms with Crippen molar-refractivity contribution in [1.29, 1.82) is 0 Å². The molecule has 2 aliphatic rings. The minimum atomic E-state index is -0.724. The SMILES string of the molecule is CC[C@@H](C(=O)N1CCOC(C)C1)N(C(=O)C1CCC(C)CC1)c1cc(C#CC(C)(C)C)sc1C(=O)OC. The highest BCUT2D eigenvalue weighted by atomic mass is 32.1. The van der Waals surface area contributed by atoms with Crippen LogP contribution in [0, 0.1) is 29.1 Å². The number of hydrogen-bond donors (Lipinski definition) is 0. The van der Waals surface area contributed by atoms with E-state index in [2.05, 4.69) is 18.8 Å². The van der Waals surface area contributed by atoms with Crippen molar-refractivity contribution in [1.82, 2.24) is 4.90 Å². The third-order valence-electron chi connectivity index (χ3n) is 7.04. The topological polar surface area (TPSA) is 76.2 Å².